The Morgan fingerprint density at radius 2 is 1.78 bits per heavy atom. The average molecular weight is 256 g/mol. The maximum absolute atomic E-state index is 13.5. The topological polar surface area (TPSA) is 29.5 Å². The summed E-state index contributed by atoms with van der Waals surface area (Å²) < 4.78 is 31.9. The Balaban J connectivity index is 2.07. The third-order valence-corrected chi connectivity index (χ3v) is 3.34. The van der Waals surface area contributed by atoms with Gasteiger partial charge in [-0.05, 0) is 31.4 Å². The van der Waals surface area contributed by atoms with Crippen LogP contribution in [-0.4, -0.2) is 17.3 Å². The van der Waals surface area contributed by atoms with Crippen LogP contribution in [0.3, 0.4) is 0 Å². The van der Waals surface area contributed by atoms with Crippen molar-refractivity contribution in [2.45, 2.75) is 50.7 Å². The Labute approximate surface area is 106 Å². The van der Waals surface area contributed by atoms with Crippen LogP contribution >= 0.6 is 0 Å². The minimum absolute atomic E-state index is 0.111. The molecule has 1 N–H and O–H groups in total. The Bertz CT molecular complexity index is 395. The van der Waals surface area contributed by atoms with E-state index in [2.05, 4.69) is 0 Å². The van der Waals surface area contributed by atoms with Crippen molar-refractivity contribution < 1.29 is 18.6 Å². The van der Waals surface area contributed by atoms with Crippen molar-refractivity contribution >= 4 is 0 Å². The highest BCUT2D eigenvalue weighted by Gasteiger charge is 2.23. The zero-order valence-electron chi connectivity index (χ0n) is 10.2. The first-order valence-electron chi connectivity index (χ1n) is 6.46. The van der Waals surface area contributed by atoms with E-state index in [0.717, 1.165) is 43.9 Å². The molecule has 1 aromatic rings. The first-order chi connectivity index (χ1) is 8.66. The summed E-state index contributed by atoms with van der Waals surface area (Å²) in [6, 6.07) is 3.12. The van der Waals surface area contributed by atoms with Crippen LogP contribution in [0.15, 0.2) is 18.2 Å². The van der Waals surface area contributed by atoms with Gasteiger partial charge in [-0.15, -0.1) is 0 Å². The third kappa shape index (κ3) is 3.42. The van der Waals surface area contributed by atoms with Gasteiger partial charge in [0.15, 0.2) is 11.6 Å². The van der Waals surface area contributed by atoms with Crippen LogP contribution in [0.1, 0.15) is 38.5 Å². The van der Waals surface area contributed by atoms with Gasteiger partial charge in [0, 0.05) is 6.07 Å². The second-order valence-electron chi connectivity index (χ2n) is 4.79. The third-order valence-electron chi connectivity index (χ3n) is 3.34. The molecule has 2 rings (SSSR count). The molecular weight excluding hydrogens is 238 g/mol. The molecule has 0 amide bonds. The monoisotopic (exact) mass is 256 g/mol. The van der Waals surface area contributed by atoms with Gasteiger partial charge in [0.05, 0.1) is 6.10 Å². The lowest BCUT2D eigenvalue weighted by Crippen LogP contribution is -2.33. The predicted octanol–water partition coefficient (Wildman–Crippen LogP) is 3.43. The maximum atomic E-state index is 13.5. The lowest BCUT2D eigenvalue weighted by molar-refractivity contribution is 0.0166. The highest BCUT2D eigenvalue weighted by Crippen LogP contribution is 2.25. The summed E-state index contributed by atoms with van der Waals surface area (Å²) in [4.78, 5) is 0. The molecule has 0 heterocycles. The molecule has 1 aromatic carbocycles. The minimum atomic E-state index is -0.604. The van der Waals surface area contributed by atoms with E-state index in [0.29, 0.717) is 12.8 Å². The Hall–Kier alpha value is -1.16. The summed E-state index contributed by atoms with van der Waals surface area (Å²) in [7, 11) is 0. The van der Waals surface area contributed by atoms with Crippen molar-refractivity contribution in [1.29, 1.82) is 0 Å². The fourth-order valence-corrected chi connectivity index (χ4v) is 2.30. The molecule has 0 saturated heterocycles. The van der Waals surface area contributed by atoms with Crippen molar-refractivity contribution in [1.82, 2.24) is 0 Å². The smallest absolute Gasteiger partial charge is 0.165 e. The first-order valence-corrected chi connectivity index (χ1v) is 6.46. The van der Waals surface area contributed by atoms with Gasteiger partial charge >= 0.3 is 0 Å². The number of hydrogen-bond acceptors (Lipinski definition) is 2. The van der Waals surface area contributed by atoms with E-state index in [-0.39, 0.29) is 5.75 Å². The van der Waals surface area contributed by atoms with E-state index in [4.69, 9.17) is 4.74 Å². The Kier molecular flexibility index (Phi) is 4.53. The highest BCUT2D eigenvalue weighted by atomic mass is 19.1. The molecule has 0 radical (unpaired) electrons. The summed E-state index contributed by atoms with van der Waals surface area (Å²) in [5.41, 5.74) is 0. The number of halogens is 2. The maximum Gasteiger partial charge on any atom is 0.165 e. The minimum Gasteiger partial charge on any atom is -0.485 e. The van der Waals surface area contributed by atoms with Gasteiger partial charge in [0.25, 0.3) is 0 Å². The van der Waals surface area contributed by atoms with Crippen LogP contribution in [0.5, 0.6) is 5.75 Å². The number of aliphatic hydroxyl groups is 1. The molecule has 0 bridgehead atoms. The number of benzene rings is 1. The zero-order chi connectivity index (χ0) is 13.0. The van der Waals surface area contributed by atoms with Crippen molar-refractivity contribution in [2.75, 3.05) is 0 Å². The molecule has 1 aliphatic rings. The lowest BCUT2D eigenvalue weighted by atomic mass is 9.96. The van der Waals surface area contributed by atoms with Gasteiger partial charge in [0.1, 0.15) is 11.9 Å². The average Bonchev–Trinajstić information content (AvgIpc) is 2.33. The van der Waals surface area contributed by atoms with Gasteiger partial charge in [-0.25, -0.2) is 8.78 Å². The van der Waals surface area contributed by atoms with Crippen molar-refractivity contribution in [2.24, 2.45) is 0 Å². The molecular formula is C14H18F2O2. The fraction of sp³-hybridized carbons (Fsp3) is 0.571. The molecule has 0 aliphatic heterocycles. The summed E-state index contributed by atoms with van der Waals surface area (Å²) in [5, 5.41) is 9.95. The molecule has 2 atom stereocenters. The number of rotatable bonds is 2. The largest absolute Gasteiger partial charge is 0.485 e. The van der Waals surface area contributed by atoms with Crippen LogP contribution < -0.4 is 4.74 Å². The molecule has 4 heteroatoms. The number of ether oxygens (including phenoxy) is 1. The van der Waals surface area contributed by atoms with Crippen LogP contribution in [-0.2, 0) is 0 Å². The van der Waals surface area contributed by atoms with Crippen molar-refractivity contribution in [3.05, 3.63) is 29.8 Å². The van der Waals surface area contributed by atoms with E-state index in [9.17, 15) is 13.9 Å². The van der Waals surface area contributed by atoms with E-state index < -0.39 is 23.8 Å². The number of hydrogen-bond donors (Lipinski definition) is 1. The lowest BCUT2D eigenvalue weighted by Gasteiger charge is -2.26. The van der Waals surface area contributed by atoms with E-state index in [1.54, 1.807) is 0 Å². The first kappa shape index (κ1) is 13.3. The van der Waals surface area contributed by atoms with E-state index in [1.165, 1.54) is 0 Å². The van der Waals surface area contributed by atoms with Gasteiger partial charge in [-0.3, -0.25) is 0 Å². The summed E-state index contributed by atoms with van der Waals surface area (Å²) in [6.45, 7) is 0. The van der Waals surface area contributed by atoms with Gasteiger partial charge < -0.3 is 9.84 Å². The molecule has 1 fully saturated rings. The highest BCUT2D eigenvalue weighted by molar-refractivity contribution is 5.25. The summed E-state index contributed by atoms with van der Waals surface area (Å²) >= 11 is 0. The second kappa shape index (κ2) is 6.14. The quantitative estimate of drug-likeness (QED) is 0.878. The molecule has 0 spiro atoms. The van der Waals surface area contributed by atoms with Gasteiger partial charge in [-0.2, -0.15) is 0 Å². The van der Waals surface area contributed by atoms with Crippen LogP contribution in [0, 0.1) is 11.6 Å². The van der Waals surface area contributed by atoms with Crippen LogP contribution in [0.4, 0.5) is 8.78 Å². The Morgan fingerprint density at radius 3 is 2.56 bits per heavy atom. The zero-order valence-corrected chi connectivity index (χ0v) is 10.2. The van der Waals surface area contributed by atoms with Gasteiger partial charge in [0.2, 0.25) is 0 Å². The number of aliphatic hydroxyl groups excluding tert-OH is 1. The normalized spacial score (nSPS) is 25.3. The molecule has 1 saturated carbocycles. The Morgan fingerprint density at radius 1 is 1.06 bits per heavy atom. The molecule has 0 aromatic heterocycles. The molecule has 2 nitrogen and oxygen atoms in total. The van der Waals surface area contributed by atoms with E-state index in [1.807, 2.05) is 0 Å². The van der Waals surface area contributed by atoms with E-state index >= 15 is 0 Å². The SMILES string of the molecule is OC1CCCCCCC1Oc1cc(F)ccc1F. The molecule has 2 unspecified atom stereocenters. The molecule has 18 heavy (non-hydrogen) atoms. The van der Waals surface area contributed by atoms with Crippen molar-refractivity contribution in [3.8, 4) is 5.75 Å². The van der Waals surface area contributed by atoms with Crippen molar-refractivity contribution in [3.63, 3.8) is 0 Å². The second-order valence-corrected chi connectivity index (χ2v) is 4.79. The van der Waals surface area contributed by atoms with Crippen LogP contribution in [0.25, 0.3) is 0 Å². The standard InChI is InChI=1S/C14H18F2O2/c15-10-7-8-11(16)14(9-10)18-13-6-4-2-1-3-5-12(13)17/h7-9,12-13,17H,1-6H2. The fourth-order valence-electron chi connectivity index (χ4n) is 2.30. The van der Waals surface area contributed by atoms with Crippen LogP contribution in [0.2, 0.25) is 0 Å². The predicted molar refractivity (Wildman–Crippen MR) is 64.5 cm³/mol. The molecule has 1 aliphatic carbocycles. The molecule has 100 valence electrons. The summed E-state index contributed by atoms with van der Waals surface area (Å²) in [6.07, 6.45) is 4.38. The summed E-state index contributed by atoms with van der Waals surface area (Å²) in [5.74, 6) is -1.24. The van der Waals surface area contributed by atoms with Gasteiger partial charge in [-0.1, -0.05) is 19.3 Å².